The van der Waals surface area contributed by atoms with E-state index < -0.39 is 12.0 Å². The number of amides is 1. The van der Waals surface area contributed by atoms with Gasteiger partial charge in [0.1, 0.15) is 0 Å². The molecule has 2 atom stereocenters. The van der Waals surface area contributed by atoms with Gasteiger partial charge in [0.05, 0.1) is 12.0 Å². The third kappa shape index (κ3) is 3.57. The fraction of sp³-hybridized carbons (Fsp3) is 0.316. The molecule has 3 nitrogen and oxygen atoms in total. The van der Waals surface area contributed by atoms with Crippen LogP contribution in [0.25, 0.3) is 0 Å². The van der Waals surface area contributed by atoms with E-state index in [1.165, 1.54) is 0 Å². The molecule has 0 unspecified atom stereocenters. The first-order valence-corrected chi connectivity index (χ1v) is 8.22. The molecule has 1 aliphatic carbocycles. The Hall–Kier alpha value is -1.84. The Balaban J connectivity index is 1.83. The molecule has 0 aromatic heterocycles. The van der Waals surface area contributed by atoms with Crippen LogP contribution in [-0.2, 0) is 4.79 Å². The topological polar surface area (TPSA) is 40.5 Å². The zero-order valence-electron chi connectivity index (χ0n) is 13.0. The van der Waals surface area contributed by atoms with Gasteiger partial charge in [-0.05, 0) is 48.6 Å². The summed E-state index contributed by atoms with van der Waals surface area (Å²) in [6.45, 7) is 0. The molecule has 0 spiro atoms. The number of hydrogen-bond acceptors (Lipinski definition) is 2. The summed E-state index contributed by atoms with van der Waals surface area (Å²) in [5.74, 6) is -0.207. The highest BCUT2D eigenvalue weighted by atomic mass is 35.5. The molecule has 1 saturated carbocycles. The lowest BCUT2D eigenvalue weighted by atomic mass is 9.90. The smallest absolute Gasteiger partial charge is 0.233 e. The molecule has 1 amide bonds. The van der Waals surface area contributed by atoms with E-state index >= 15 is 0 Å². The van der Waals surface area contributed by atoms with Gasteiger partial charge in [-0.2, -0.15) is 0 Å². The van der Waals surface area contributed by atoms with Crippen molar-refractivity contribution < 1.29 is 9.90 Å². The van der Waals surface area contributed by atoms with Crippen molar-refractivity contribution in [3.8, 4) is 0 Å². The highest BCUT2D eigenvalue weighted by Gasteiger charge is 2.42. The number of carbonyl (C=O) groups excluding carboxylic acids is 1. The minimum atomic E-state index is -0.807. The maximum atomic E-state index is 12.9. The summed E-state index contributed by atoms with van der Waals surface area (Å²) >= 11 is 5.91. The summed E-state index contributed by atoms with van der Waals surface area (Å²) in [6, 6.07) is 16.6. The van der Waals surface area contributed by atoms with Crippen molar-refractivity contribution in [1.82, 2.24) is 0 Å². The number of rotatable bonds is 5. The first kappa shape index (κ1) is 16.0. The molecular formula is C19H20ClNO2. The zero-order valence-corrected chi connectivity index (χ0v) is 13.8. The lowest BCUT2D eigenvalue weighted by Gasteiger charge is -2.27. The van der Waals surface area contributed by atoms with Gasteiger partial charge in [-0.3, -0.25) is 4.79 Å². The number of halogens is 1. The molecule has 2 aromatic carbocycles. The highest BCUT2D eigenvalue weighted by Crippen LogP contribution is 2.44. The van der Waals surface area contributed by atoms with Crippen LogP contribution >= 0.6 is 11.6 Å². The van der Waals surface area contributed by atoms with Crippen LogP contribution in [-0.4, -0.2) is 18.1 Å². The van der Waals surface area contributed by atoms with Crippen LogP contribution in [0.15, 0.2) is 54.6 Å². The van der Waals surface area contributed by atoms with Crippen molar-refractivity contribution in [2.45, 2.75) is 18.9 Å². The molecule has 1 aliphatic rings. The molecule has 120 valence electrons. The van der Waals surface area contributed by atoms with E-state index in [0.29, 0.717) is 5.02 Å². The Morgan fingerprint density at radius 2 is 1.74 bits per heavy atom. The van der Waals surface area contributed by atoms with E-state index in [1.54, 1.807) is 36.2 Å². The third-order valence-corrected chi connectivity index (χ3v) is 4.69. The summed E-state index contributed by atoms with van der Waals surface area (Å²) < 4.78 is 0. The molecule has 0 radical (unpaired) electrons. The number of para-hydroxylation sites is 1. The number of nitrogens with zero attached hydrogens (tertiary/aromatic N) is 1. The predicted octanol–water partition coefficient (Wildman–Crippen LogP) is 4.06. The summed E-state index contributed by atoms with van der Waals surface area (Å²) in [7, 11) is 1.77. The van der Waals surface area contributed by atoms with E-state index in [9.17, 15) is 9.90 Å². The van der Waals surface area contributed by atoms with Gasteiger partial charge in [0.2, 0.25) is 5.91 Å². The second-order valence-corrected chi connectivity index (χ2v) is 6.53. The van der Waals surface area contributed by atoms with E-state index in [2.05, 4.69) is 0 Å². The Kier molecular flexibility index (Phi) is 4.69. The van der Waals surface area contributed by atoms with Gasteiger partial charge < -0.3 is 10.0 Å². The van der Waals surface area contributed by atoms with Crippen molar-refractivity contribution in [2.24, 2.45) is 11.8 Å². The quantitative estimate of drug-likeness (QED) is 0.898. The van der Waals surface area contributed by atoms with Crippen LogP contribution in [0.2, 0.25) is 5.02 Å². The standard InChI is InChI=1S/C19H20ClNO2/c1-21(16-5-3-2-4-6-16)19(23)17(13-7-8-13)18(22)14-9-11-15(20)12-10-14/h2-6,9-13,17-18,22H,7-8H2,1H3/t17-,18-/m0/s1. The average Bonchev–Trinajstić information content (AvgIpc) is 3.40. The van der Waals surface area contributed by atoms with Gasteiger partial charge in [-0.25, -0.2) is 0 Å². The SMILES string of the molecule is CN(C(=O)[C@@H](C1CC1)[C@@H](O)c1ccc(Cl)cc1)c1ccccc1. The van der Waals surface area contributed by atoms with E-state index in [-0.39, 0.29) is 11.8 Å². The van der Waals surface area contributed by atoms with Crippen LogP contribution in [0.1, 0.15) is 24.5 Å². The average molecular weight is 330 g/mol. The summed E-state index contributed by atoms with van der Waals surface area (Å²) in [5, 5.41) is 11.4. The molecule has 0 saturated heterocycles. The number of carbonyl (C=O) groups is 1. The molecule has 3 rings (SSSR count). The van der Waals surface area contributed by atoms with Crippen LogP contribution in [0, 0.1) is 11.8 Å². The Morgan fingerprint density at radius 1 is 1.13 bits per heavy atom. The van der Waals surface area contributed by atoms with Crippen molar-refractivity contribution in [3.63, 3.8) is 0 Å². The Morgan fingerprint density at radius 3 is 2.30 bits per heavy atom. The van der Waals surface area contributed by atoms with Crippen LogP contribution in [0.4, 0.5) is 5.69 Å². The van der Waals surface area contributed by atoms with Crippen molar-refractivity contribution in [1.29, 1.82) is 0 Å². The summed E-state index contributed by atoms with van der Waals surface area (Å²) in [4.78, 5) is 14.6. The summed E-state index contributed by atoms with van der Waals surface area (Å²) in [5.41, 5.74) is 1.58. The summed E-state index contributed by atoms with van der Waals surface area (Å²) in [6.07, 6.45) is 1.17. The normalized spacial score (nSPS) is 16.7. The maximum absolute atomic E-state index is 12.9. The maximum Gasteiger partial charge on any atom is 0.233 e. The van der Waals surface area contributed by atoms with Crippen molar-refractivity contribution >= 4 is 23.2 Å². The third-order valence-electron chi connectivity index (χ3n) is 4.44. The molecule has 1 fully saturated rings. The predicted molar refractivity (Wildman–Crippen MR) is 92.5 cm³/mol. The molecule has 0 aliphatic heterocycles. The number of hydrogen-bond donors (Lipinski definition) is 1. The monoisotopic (exact) mass is 329 g/mol. The molecule has 0 bridgehead atoms. The van der Waals surface area contributed by atoms with Crippen molar-refractivity contribution in [2.75, 3.05) is 11.9 Å². The zero-order chi connectivity index (χ0) is 16.4. The van der Waals surface area contributed by atoms with Crippen molar-refractivity contribution in [3.05, 3.63) is 65.2 Å². The van der Waals surface area contributed by atoms with Crippen LogP contribution < -0.4 is 4.90 Å². The van der Waals surface area contributed by atoms with Crippen LogP contribution in [0.3, 0.4) is 0 Å². The molecule has 1 N–H and O–H groups in total. The lowest BCUT2D eigenvalue weighted by Crippen LogP contribution is -2.37. The highest BCUT2D eigenvalue weighted by molar-refractivity contribution is 6.30. The van der Waals surface area contributed by atoms with Gasteiger partial charge in [-0.15, -0.1) is 0 Å². The molecule has 2 aromatic rings. The van der Waals surface area contributed by atoms with Gasteiger partial charge in [0.15, 0.2) is 0 Å². The molecule has 0 heterocycles. The molecular weight excluding hydrogens is 310 g/mol. The number of aliphatic hydroxyl groups is 1. The minimum absolute atomic E-state index is 0.0406. The van der Waals surface area contributed by atoms with Crippen LogP contribution in [0.5, 0.6) is 0 Å². The van der Waals surface area contributed by atoms with Gasteiger partial charge in [-0.1, -0.05) is 41.9 Å². The largest absolute Gasteiger partial charge is 0.388 e. The Labute approximate surface area is 141 Å². The fourth-order valence-corrected chi connectivity index (χ4v) is 3.05. The van der Waals surface area contributed by atoms with Gasteiger partial charge in [0.25, 0.3) is 0 Å². The molecule has 23 heavy (non-hydrogen) atoms. The Bertz CT molecular complexity index is 668. The fourth-order valence-electron chi connectivity index (χ4n) is 2.92. The second kappa shape index (κ2) is 6.73. The molecule has 4 heteroatoms. The van der Waals surface area contributed by atoms with E-state index in [1.807, 2.05) is 30.3 Å². The number of aliphatic hydroxyl groups excluding tert-OH is 1. The minimum Gasteiger partial charge on any atom is -0.388 e. The first-order chi connectivity index (χ1) is 11.1. The number of anilines is 1. The van der Waals surface area contributed by atoms with Gasteiger partial charge >= 0.3 is 0 Å². The van der Waals surface area contributed by atoms with E-state index in [0.717, 1.165) is 24.1 Å². The van der Waals surface area contributed by atoms with E-state index in [4.69, 9.17) is 11.6 Å². The second-order valence-electron chi connectivity index (χ2n) is 6.09. The van der Waals surface area contributed by atoms with Gasteiger partial charge in [0, 0.05) is 17.8 Å². The first-order valence-electron chi connectivity index (χ1n) is 7.84. The lowest BCUT2D eigenvalue weighted by molar-refractivity contribution is -0.126. The number of benzene rings is 2.